The van der Waals surface area contributed by atoms with Gasteiger partial charge >= 0.3 is 0 Å². The van der Waals surface area contributed by atoms with E-state index in [0.29, 0.717) is 6.54 Å². The van der Waals surface area contributed by atoms with Gasteiger partial charge in [0.2, 0.25) is 0 Å². The minimum atomic E-state index is 0.0614. The van der Waals surface area contributed by atoms with E-state index in [1.165, 1.54) is 0 Å². The van der Waals surface area contributed by atoms with Gasteiger partial charge in [0.15, 0.2) is 0 Å². The Labute approximate surface area is 138 Å². The van der Waals surface area contributed by atoms with E-state index in [4.69, 9.17) is 0 Å². The zero-order valence-electron chi connectivity index (χ0n) is 12.4. The molecule has 0 heterocycles. The third-order valence-corrected chi connectivity index (χ3v) is 4.61. The van der Waals surface area contributed by atoms with Crippen LogP contribution in [0.5, 0.6) is 0 Å². The lowest BCUT2D eigenvalue weighted by molar-refractivity contribution is 0.0784. The fourth-order valence-electron chi connectivity index (χ4n) is 2.10. The van der Waals surface area contributed by atoms with Crippen LogP contribution in [0.1, 0.15) is 21.5 Å². The second-order valence-electron chi connectivity index (χ2n) is 4.97. The Kier molecular flexibility index (Phi) is 5.48. The average molecular weight is 364 g/mol. The van der Waals surface area contributed by atoms with Crippen LogP contribution < -0.4 is 0 Å². The van der Waals surface area contributed by atoms with Gasteiger partial charge in [-0.15, -0.1) is 11.8 Å². The molecule has 0 atom stereocenters. The summed E-state index contributed by atoms with van der Waals surface area (Å²) in [5, 5.41) is 0. The summed E-state index contributed by atoms with van der Waals surface area (Å²) in [6, 6.07) is 14.1. The van der Waals surface area contributed by atoms with Crippen molar-refractivity contribution >= 4 is 33.6 Å². The molecular weight excluding hydrogens is 346 g/mol. The molecule has 2 aromatic rings. The molecule has 0 radical (unpaired) electrons. The highest BCUT2D eigenvalue weighted by molar-refractivity contribution is 9.10. The molecule has 0 aliphatic carbocycles. The van der Waals surface area contributed by atoms with Gasteiger partial charge in [-0.25, -0.2) is 0 Å². The van der Waals surface area contributed by atoms with E-state index >= 15 is 0 Å². The van der Waals surface area contributed by atoms with E-state index in [1.54, 1.807) is 16.7 Å². The molecule has 1 amide bonds. The Morgan fingerprint density at radius 2 is 1.86 bits per heavy atom. The molecule has 2 aromatic carbocycles. The van der Waals surface area contributed by atoms with E-state index in [2.05, 4.69) is 15.9 Å². The lowest BCUT2D eigenvalue weighted by Gasteiger charge is -2.19. The smallest absolute Gasteiger partial charge is 0.254 e. The van der Waals surface area contributed by atoms with Gasteiger partial charge in [-0.2, -0.15) is 0 Å². The van der Waals surface area contributed by atoms with Crippen LogP contribution in [-0.4, -0.2) is 24.1 Å². The van der Waals surface area contributed by atoms with Gasteiger partial charge in [-0.05, 0) is 48.6 Å². The number of amides is 1. The van der Waals surface area contributed by atoms with Crippen LogP contribution >= 0.6 is 27.7 Å². The van der Waals surface area contributed by atoms with Gasteiger partial charge in [0, 0.05) is 28.5 Å². The summed E-state index contributed by atoms with van der Waals surface area (Å²) in [4.78, 5) is 15.5. The standard InChI is InChI=1S/C17H18BrNOS/c1-12-4-9-15(21-3)10-16(12)17(20)19(2)11-13-5-7-14(18)8-6-13/h4-10H,11H2,1-3H3. The van der Waals surface area contributed by atoms with Crippen LogP contribution in [-0.2, 0) is 6.54 Å². The summed E-state index contributed by atoms with van der Waals surface area (Å²) >= 11 is 5.07. The third-order valence-electron chi connectivity index (χ3n) is 3.35. The quantitative estimate of drug-likeness (QED) is 0.730. The molecule has 2 nitrogen and oxygen atoms in total. The second-order valence-corrected chi connectivity index (χ2v) is 6.76. The Hall–Kier alpha value is -1.26. The number of hydrogen-bond donors (Lipinski definition) is 0. The molecule has 0 N–H and O–H groups in total. The van der Waals surface area contributed by atoms with Gasteiger partial charge in [0.05, 0.1) is 0 Å². The minimum Gasteiger partial charge on any atom is -0.337 e. The summed E-state index contributed by atoms with van der Waals surface area (Å²) in [7, 11) is 1.84. The molecule has 0 fully saturated rings. The van der Waals surface area contributed by atoms with Crippen LogP contribution in [0.2, 0.25) is 0 Å². The van der Waals surface area contributed by atoms with E-state index in [9.17, 15) is 4.79 Å². The fraction of sp³-hybridized carbons (Fsp3) is 0.235. The summed E-state index contributed by atoms with van der Waals surface area (Å²) in [5.41, 5.74) is 2.91. The first-order valence-corrected chi connectivity index (χ1v) is 8.67. The Morgan fingerprint density at radius 3 is 2.48 bits per heavy atom. The predicted molar refractivity (Wildman–Crippen MR) is 92.9 cm³/mol. The van der Waals surface area contributed by atoms with Gasteiger partial charge in [0.25, 0.3) is 5.91 Å². The molecule has 4 heteroatoms. The second kappa shape index (κ2) is 7.14. The van der Waals surface area contributed by atoms with Gasteiger partial charge < -0.3 is 4.90 Å². The average Bonchev–Trinajstić information content (AvgIpc) is 2.49. The summed E-state index contributed by atoms with van der Waals surface area (Å²) in [6.45, 7) is 2.58. The highest BCUT2D eigenvalue weighted by Crippen LogP contribution is 2.21. The lowest BCUT2D eigenvalue weighted by atomic mass is 10.1. The van der Waals surface area contributed by atoms with Crippen molar-refractivity contribution in [3.8, 4) is 0 Å². The van der Waals surface area contributed by atoms with Gasteiger partial charge in [-0.3, -0.25) is 4.79 Å². The monoisotopic (exact) mass is 363 g/mol. The SMILES string of the molecule is CSc1ccc(C)c(C(=O)N(C)Cc2ccc(Br)cc2)c1. The van der Waals surface area contributed by atoms with Crippen molar-refractivity contribution in [2.45, 2.75) is 18.4 Å². The molecule has 21 heavy (non-hydrogen) atoms. The Morgan fingerprint density at radius 1 is 1.19 bits per heavy atom. The molecule has 110 valence electrons. The molecule has 0 saturated carbocycles. The first-order valence-electron chi connectivity index (χ1n) is 6.66. The number of thioether (sulfide) groups is 1. The molecule has 0 saturated heterocycles. The maximum absolute atomic E-state index is 12.6. The highest BCUT2D eigenvalue weighted by Gasteiger charge is 2.15. The molecule has 0 unspecified atom stereocenters. The number of carbonyl (C=O) groups is 1. The molecular formula is C17H18BrNOS. The lowest BCUT2D eigenvalue weighted by Crippen LogP contribution is -2.26. The zero-order chi connectivity index (χ0) is 15.4. The molecule has 0 bridgehead atoms. The van der Waals surface area contributed by atoms with Crippen molar-refractivity contribution in [1.82, 2.24) is 4.90 Å². The van der Waals surface area contributed by atoms with Crippen molar-refractivity contribution in [2.24, 2.45) is 0 Å². The number of nitrogens with zero attached hydrogens (tertiary/aromatic N) is 1. The molecule has 0 aliphatic rings. The molecule has 2 rings (SSSR count). The maximum Gasteiger partial charge on any atom is 0.254 e. The van der Waals surface area contributed by atoms with Crippen molar-refractivity contribution in [2.75, 3.05) is 13.3 Å². The van der Waals surface area contributed by atoms with E-state index < -0.39 is 0 Å². The summed E-state index contributed by atoms with van der Waals surface area (Å²) in [6.07, 6.45) is 2.02. The topological polar surface area (TPSA) is 20.3 Å². The minimum absolute atomic E-state index is 0.0614. The van der Waals surface area contributed by atoms with Crippen LogP contribution in [0.3, 0.4) is 0 Å². The number of hydrogen-bond acceptors (Lipinski definition) is 2. The van der Waals surface area contributed by atoms with Gasteiger partial charge in [-0.1, -0.05) is 34.1 Å². The summed E-state index contributed by atoms with van der Waals surface area (Å²) in [5.74, 6) is 0.0614. The number of benzene rings is 2. The van der Waals surface area contributed by atoms with Crippen molar-refractivity contribution < 1.29 is 4.79 Å². The largest absolute Gasteiger partial charge is 0.337 e. The van der Waals surface area contributed by atoms with Crippen molar-refractivity contribution in [3.05, 3.63) is 63.6 Å². The number of rotatable bonds is 4. The van der Waals surface area contributed by atoms with Crippen LogP contribution in [0.15, 0.2) is 51.8 Å². The highest BCUT2D eigenvalue weighted by atomic mass is 79.9. The van der Waals surface area contributed by atoms with Crippen molar-refractivity contribution in [3.63, 3.8) is 0 Å². The normalized spacial score (nSPS) is 10.5. The Bertz CT molecular complexity index is 640. The predicted octanol–water partition coefficient (Wildman–Crippen LogP) is 4.75. The van der Waals surface area contributed by atoms with E-state index in [-0.39, 0.29) is 5.91 Å². The maximum atomic E-state index is 12.6. The van der Waals surface area contributed by atoms with Crippen LogP contribution in [0, 0.1) is 6.92 Å². The number of aryl methyl sites for hydroxylation is 1. The third kappa shape index (κ3) is 4.11. The molecule has 0 spiro atoms. The Balaban J connectivity index is 2.17. The van der Waals surface area contributed by atoms with Crippen molar-refractivity contribution in [1.29, 1.82) is 0 Å². The number of carbonyl (C=O) groups excluding carboxylic acids is 1. The molecule has 0 aliphatic heterocycles. The van der Waals surface area contributed by atoms with Gasteiger partial charge in [0.1, 0.15) is 0 Å². The van der Waals surface area contributed by atoms with Crippen LogP contribution in [0.4, 0.5) is 0 Å². The fourth-order valence-corrected chi connectivity index (χ4v) is 2.80. The first kappa shape index (κ1) is 16.1. The summed E-state index contributed by atoms with van der Waals surface area (Å²) < 4.78 is 1.05. The van der Waals surface area contributed by atoms with E-state index in [0.717, 1.165) is 26.1 Å². The first-order chi connectivity index (χ1) is 10.0. The van der Waals surface area contributed by atoms with E-state index in [1.807, 2.05) is 62.7 Å². The molecule has 0 aromatic heterocycles. The number of halogens is 1. The zero-order valence-corrected chi connectivity index (χ0v) is 14.8. The van der Waals surface area contributed by atoms with Crippen LogP contribution in [0.25, 0.3) is 0 Å².